The van der Waals surface area contributed by atoms with E-state index in [1.807, 2.05) is 31.3 Å². The Kier molecular flexibility index (Phi) is 2.70. The summed E-state index contributed by atoms with van der Waals surface area (Å²) in [7, 11) is 1.99. The van der Waals surface area contributed by atoms with Crippen LogP contribution in [0.15, 0.2) is 28.7 Å². The van der Waals surface area contributed by atoms with Gasteiger partial charge in [0.15, 0.2) is 5.78 Å². The van der Waals surface area contributed by atoms with Gasteiger partial charge in [0.05, 0.1) is 6.04 Å². The highest BCUT2D eigenvalue weighted by Gasteiger charge is 2.31. The zero-order chi connectivity index (χ0) is 10.1. The average molecular weight is 254 g/mol. The van der Waals surface area contributed by atoms with Gasteiger partial charge in [-0.25, -0.2) is 0 Å². The Bertz CT molecular complexity index is 347. The molecule has 0 bridgehead atoms. The maximum atomic E-state index is 11.9. The highest BCUT2D eigenvalue weighted by molar-refractivity contribution is 9.10. The lowest BCUT2D eigenvalue weighted by atomic mass is 9.95. The number of carbonyl (C=O) groups excluding carboxylic acids is 1. The second kappa shape index (κ2) is 3.83. The summed E-state index contributed by atoms with van der Waals surface area (Å²) in [6.07, 6.45) is 0.991. The van der Waals surface area contributed by atoms with Crippen LogP contribution in [0.2, 0.25) is 0 Å². The molecular formula is C11H12BrNO. The summed E-state index contributed by atoms with van der Waals surface area (Å²) in [5.74, 6) is 0.242. The molecule has 0 aromatic heterocycles. The predicted molar refractivity (Wildman–Crippen MR) is 59.5 cm³/mol. The first-order chi connectivity index (χ1) is 6.68. The predicted octanol–water partition coefficient (Wildman–Crippen LogP) is 2.34. The van der Waals surface area contributed by atoms with Crippen molar-refractivity contribution in [3.05, 3.63) is 34.3 Å². The van der Waals surface area contributed by atoms with E-state index in [0.717, 1.165) is 23.0 Å². The summed E-state index contributed by atoms with van der Waals surface area (Å²) in [4.78, 5) is 14.0. The van der Waals surface area contributed by atoms with Crippen molar-refractivity contribution < 1.29 is 4.79 Å². The fourth-order valence-corrected chi connectivity index (χ4v) is 1.92. The quantitative estimate of drug-likeness (QED) is 0.755. The molecule has 1 atom stereocenters. The van der Waals surface area contributed by atoms with Crippen LogP contribution in [0.1, 0.15) is 16.8 Å². The third-order valence-corrected chi connectivity index (χ3v) is 3.25. The van der Waals surface area contributed by atoms with Crippen molar-refractivity contribution in [2.45, 2.75) is 12.5 Å². The SMILES string of the molecule is CN1CCC1C(=O)c1ccc(Br)cc1. The largest absolute Gasteiger partial charge is 0.296 e. The van der Waals surface area contributed by atoms with Crippen LogP contribution < -0.4 is 0 Å². The summed E-state index contributed by atoms with van der Waals surface area (Å²) >= 11 is 3.35. The molecule has 1 unspecified atom stereocenters. The molecule has 1 heterocycles. The van der Waals surface area contributed by atoms with Gasteiger partial charge in [0.2, 0.25) is 0 Å². The van der Waals surface area contributed by atoms with E-state index in [1.165, 1.54) is 0 Å². The van der Waals surface area contributed by atoms with Gasteiger partial charge in [-0.05, 0) is 25.6 Å². The van der Waals surface area contributed by atoms with Crippen LogP contribution in [-0.4, -0.2) is 30.3 Å². The van der Waals surface area contributed by atoms with E-state index in [2.05, 4.69) is 20.8 Å². The van der Waals surface area contributed by atoms with Crippen molar-refractivity contribution in [2.24, 2.45) is 0 Å². The van der Waals surface area contributed by atoms with E-state index in [0.29, 0.717) is 0 Å². The maximum Gasteiger partial charge on any atom is 0.179 e. The summed E-state index contributed by atoms with van der Waals surface area (Å²) in [6, 6.07) is 7.67. The number of likely N-dealkylation sites (N-methyl/N-ethyl adjacent to an activating group) is 1. The normalized spacial score (nSPS) is 21.7. The molecule has 0 N–H and O–H groups in total. The first-order valence-corrected chi connectivity index (χ1v) is 5.48. The number of nitrogens with zero attached hydrogens (tertiary/aromatic N) is 1. The lowest BCUT2D eigenvalue weighted by Gasteiger charge is -2.36. The monoisotopic (exact) mass is 253 g/mol. The molecule has 1 aliphatic heterocycles. The third kappa shape index (κ3) is 1.74. The highest BCUT2D eigenvalue weighted by atomic mass is 79.9. The summed E-state index contributed by atoms with van der Waals surface area (Å²) in [6.45, 7) is 1.03. The van der Waals surface area contributed by atoms with Gasteiger partial charge in [0.25, 0.3) is 0 Å². The van der Waals surface area contributed by atoms with Crippen LogP contribution in [-0.2, 0) is 0 Å². The van der Waals surface area contributed by atoms with Crippen molar-refractivity contribution in [1.82, 2.24) is 4.90 Å². The molecule has 1 saturated heterocycles. The van der Waals surface area contributed by atoms with Crippen molar-refractivity contribution >= 4 is 21.7 Å². The van der Waals surface area contributed by atoms with E-state index < -0.39 is 0 Å². The van der Waals surface area contributed by atoms with Crippen LogP contribution in [0.4, 0.5) is 0 Å². The lowest BCUT2D eigenvalue weighted by molar-refractivity contribution is 0.0674. The van der Waals surface area contributed by atoms with E-state index >= 15 is 0 Å². The molecule has 1 aliphatic rings. The number of rotatable bonds is 2. The number of halogens is 1. The van der Waals surface area contributed by atoms with Gasteiger partial charge >= 0.3 is 0 Å². The fraction of sp³-hybridized carbons (Fsp3) is 0.364. The van der Waals surface area contributed by atoms with Crippen LogP contribution in [0.5, 0.6) is 0 Å². The van der Waals surface area contributed by atoms with Crippen molar-refractivity contribution in [3.63, 3.8) is 0 Å². The smallest absolute Gasteiger partial charge is 0.179 e. The van der Waals surface area contributed by atoms with E-state index in [4.69, 9.17) is 0 Å². The maximum absolute atomic E-state index is 11.9. The Labute approximate surface area is 92.0 Å². The molecule has 0 amide bonds. The number of hydrogen-bond donors (Lipinski definition) is 0. The van der Waals surface area contributed by atoms with Crippen LogP contribution in [0, 0.1) is 0 Å². The molecule has 3 heteroatoms. The molecule has 14 heavy (non-hydrogen) atoms. The van der Waals surface area contributed by atoms with Crippen molar-refractivity contribution in [3.8, 4) is 0 Å². The minimum Gasteiger partial charge on any atom is -0.296 e. The molecule has 74 valence electrons. The number of likely N-dealkylation sites (tertiary alicyclic amines) is 1. The van der Waals surface area contributed by atoms with Gasteiger partial charge in [-0.1, -0.05) is 28.1 Å². The topological polar surface area (TPSA) is 20.3 Å². The Morgan fingerprint density at radius 1 is 1.43 bits per heavy atom. The zero-order valence-electron chi connectivity index (χ0n) is 8.03. The molecule has 2 rings (SSSR count). The Hall–Kier alpha value is -0.670. The molecular weight excluding hydrogens is 242 g/mol. The van der Waals surface area contributed by atoms with Gasteiger partial charge < -0.3 is 0 Å². The minimum atomic E-state index is 0.108. The number of carbonyl (C=O) groups is 1. The standard InChI is InChI=1S/C11H12BrNO/c1-13-7-6-10(13)11(14)8-2-4-9(12)5-3-8/h2-5,10H,6-7H2,1H3. The molecule has 1 aromatic carbocycles. The Balaban J connectivity index is 2.15. The molecule has 1 fully saturated rings. The van der Waals surface area contributed by atoms with E-state index in [9.17, 15) is 4.79 Å². The molecule has 0 saturated carbocycles. The molecule has 2 nitrogen and oxygen atoms in total. The number of Topliss-reactive ketones (excluding diaryl/α,β-unsaturated/α-hetero) is 1. The molecule has 0 radical (unpaired) electrons. The molecule has 0 aliphatic carbocycles. The van der Waals surface area contributed by atoms with Gasteiger partial charge in [-0.15, -0.1) is 0 Å². The number of ketones is 1. The zero-order valence-corrected chi connectivity index (χ0v) is 9.62. The number of hydrogen-bond acceptors (Lipinski definition) is 2. The van der Waals surface area contributed by atoms with Gasteiger partial charge in [0.1, 0.15) is 0 Å². The van der Waals surface area contributed by atoms with Crippen LogP contribution >= 0.6 is 15.9 Å². The first kappa shape index (κ1) is 9.87. The molecule has 0 spiro atoms. The Morgan fingerprint density at radius 3 is 2.50 bits per heavy atom. The summed E-state index contributed by atoms with van der Waals surface area (Å²) in [5, 5.41) is 0. The van der Waals surface area contributed by atoms with Gasteiger partial charge in [-0.2, -0.15) is 0 Å². The average Bonchev–Trinajstić information content (AvgIpc) is 2.16. The Morgan fingerprint density at radius 2 is 2.07 bits per heavy atom. The van der Waals surface area contributed by atoms with Gasteiger partial charge in [-0.3, -0.25) is 9.69 Å². The second-order valence-corrected chi connectivity index (χ2v) is 4.57. The summed E-state index contributed by atoms with van der Waals surface area (Å²) < 4.78 is 1.01. The summed E-state index contributed by atoms with van der Waals surface area (Å²) in [5.41, 5.74) is 0.810. The number of benzene rings is 1. The first-order valence-electron chi connectivity index (χ1n) is 4.68. The van der Waals surface area contributed by atoms with Crippen molar-refractivity contribution in [1.29, 1.82) is 0 Å². The van der Waals surface area contributed by atoms with Crippen LogP contribution in [0.25, 0.3) is 0 Å². The van der Waals surface area contributed by atoms with E-state index in [-0.39, 0.29) is 11.8 Å². The highest BCUT2D eigenvalue weighted by Crippen LogP contribution is 2.20. The van der Waals surface area contributed by atoms with Crippen molar-refractivity contribution in [2.75, 3.05) is 13.6 Å². The fourth-order valence-electron chi connectivity index (χ4n) is 1.65. The van der Waals surface area contributed by atoms with E-state index in [1.54, 1.807) is 0 Å². The molecule has 1 aromatic rings. The van der Waals surface area contributed by atoms with Gasteiger partial charge in [0, 0.05) is 16.6 Å². The second-order valence-electron chi connectivity index (χ2n) is 3.66. The van der Waals surface area contributed by atoms with Crippen LogP contribution in [0.3, 0.4) is 0 Å². The minimum absolute atomic E-state index is 0.108. The lowest BCUT2D eigenvalue weighted by Crippen LogP contribution is -2.49. The third-order valence-electron chi connectivity index (χ3n) is 2.72.